The molecule has 3 N–H and O–H groups in total. The molecule has 1 aliphatic carbocycles. The van der Waals surface area contributed by atoms with Gasteiger partial charge in [0.15, 0.2) is 17.3 Å². The van der Waals surface area contributed by atoms with Crippen LogP contribution >= 0.6 is 11.3 Å². The maximum absolute atomic E-state index is 12.6. The first-order valence-electron chi connectivity index (χ1n) is 10.4. The van der Waals surface area contributed by atoms with Gasteiger partial charge < -0.3 is 19.8 Å². The number of aromatic amines is 1. The number of nitrogens with one attached hydrogen (secondary N) is 1. The van der Waals surface area contributed by atoms with Gasteiger partial charge in [-0.15, -0.1) is 11.3 Å². The number of benzene rings is 1. The highest BCUT2D eigenvalue weighted by molar-refractivity contribution is 7.18. The molecule has 7 heteroatoms. The van der Waals surface area contributed by atoms with E-state index in [1.807, 2.05) is 26.0 Å². The second-order valence-corrected chi connectivity index (χ2v) is 8.43. The number of aryl methyl sites for hydroxylation is 2. The van der Waals surface area contributed by atoms with Crippen LogP contribution in [0, 0.1) is 0 Å². The fourth-order valence-corrected chi connectivity index (χ4v) is 5.20. The van der Waals surface area contributed by atoms with Gasteiger partial charge in [0.1, 0.15) is 17.4 Å². The third kappa shape index (κ3) is 4.02. The van der Waals surface area contributed by atoms with Crippen molar-refractivity contribution in [1.29, 1.82) is 0 Å². The molecule has 0 aliphatic heterocycles. The first-order chi connectivity index (χ1) is 14.1. The topological polar surface area (TPSA) is 80.8 Å². The highest BCUT2D eigenvalue weighted by Gasteiger charge is 2.21. The standard InChI is InChI=1S/C22H27N3O3S/c1-4-27-16-10-9-14(11-17(16)28-5-2)13(3)23-12-19-24-21(26)20-15-7-6-8-18(15)29-22(20)25-19/h9-11,13,23H,4-8,12H2,1-3H3,(H,24,25,26)/p+1/t13-/m0/s1. The lowest BCUT2D eigenvalue weighted by Crippen LogP contribution is -2.83. The van der Waals surface area contributed by atoms with Gasteiger partial charge in [0.2, 0.25) is 0 Å². The Morgan fingerprint density at radius 1 is 1.21 bits per heavy atom. The Balaban J connectivity index is 1.50. The maximum Gasteiger partial charge on any atom is 0.260 e. The summed E-state index contributed by atoms with van der Waals surface area (Å²) in [6.45, 7) is 7.89. The average Bonchev–Trinajstić information content (AvgIpc) is 3.28. The zero-order valence-corrected chi connectivity index (χ0v) is 18.0. The minimum absolute atomic E-state index is 0.00477. The molecule has 2 aromatic heterocycles. The van der Waals surface area contributed by atoms with Crippen LogP contribution in [0.3, 0.4) is 0 Å². The SMILES string of the molecule is CCOc1ccc([C@H](C)[NH2+]Cc2nc3sc4c(c3c(=O)[nH]2)CCC4)cc1OCC. The lowest BCUT2D eigenvalue weighted by molar-refractivity contribution is -0.708. The summed E-state index contributed by atoms with van der Waals surface area (Å²) in [6.07, 6.45) is 3.23. The quantitative estimate of drug-likeness (QED) is 0.594. The van der Waals surface area contributed by atoms with Crippen molar-refractivity contribution in [2.24, 2.45) is 0 Å². The Kier molecular flexibility index (Phi) is 5.87. The van der Waals surface area contributed by atoms with E-state index in [9.17, 15) is 4.79 Å². The zero-order chi connectivity index (χ0) is 20.4. The monoisotopic (exact) mass is 414 g/mol. The van der Waals surface area contributed by atoms with Crippen LogP contribution in [0.1, 0.15) is 55.1 Å². The van der Waals surface area contributed by atoms with Crippen molar-refractivity contribution >= 4 is 21.6 Å². The van der Waals surface area contributed by atoms with E-state index < -0.39 is 0 Å². The second kappa shape index (κ2) is 8.55. The van der Waals surface area contributed by atoms with Crippen LogP contribution in [-0.4, -0.2) is 23.2 Å². The van der Waals surface area contributed by atoms with Crippen LogP contribution in [0.4, 0.5) is 0 Å². The smallest absolute Gasteiger partial charge is 0.260 e. The molecule has 0 bridgehead atoms. The summed E-state index contributed by atoms with van der Waals surface area (Å²) in [7, 11) is 0. The minimum atomic E-state index is 0.00477. The van der Waals surface area contributed by atoms with Gasteiger partial charge in [0.25, 0.3) is 5.56 Å². The third-order valence-corrected chi connectivity index (χ3v) is 6.57. The molecule has 2 heterocycles. The lowest BCUT2D eigenvalue weighted by atomic mass is 10.1. The first-order valence-corrected chi connectivity index (χ1v) is 11.2. The van der Waals surface area contributed by atoms with E-state index in [0.717, 1.165) is 52.4 Å². The van der Waals surface area contributed by atoms with Gasteiger partial charge in [0, 0.05) is 10.4 Å². The second-order valence-electron chi connectivity index (χ2n) is 7.35. The maximum atomic E-state index is 12.6. The third-order valence-electron chi connectivity index (χ3n) is 5.38. The predicted octanol–water partition coefficient (Wildman–Crippen LogP) is 3.10. The molecule has 29 heavy (non-hydrogen) atoms. The van der Waals surface area contributed by atoms with Crippen molar-refractivity contribution in [3.63, 3.8) is 0 Å². The van der Waals surface area contributed by atoms with Gasteiger partial charge in [0.05, 0.1) is 18.6 Å². The van der Waals surface area contributed by atoms with Crippen LogP contribution in [0.15, 0.2) is 23.0 Å². The van der Waals surface area contributed by atoms with E-state index in [-0.39, 0.29) is 11.6 Å². The molecule has 0 saturated heterocycles. The van der Waals surface area contributed by atoms with Crippen LogP contribution in [0.25, 0.3) is 10.2 Å². The van der Waals surface area contributed by atoms with Gasteiger partial charge in [-0.1, -0.05) is 0 Å². The van der Waals surface area contributed by atoms with E-state index in [0.29, 0.717) is 19.8 Å². The molecule has 1 atom stereocenters. The molecule has 0 spiro atoms. The van der Waals surface area contributed by atoms with E-state index in [4.69, 9.17) is 14.5 Å². The van der Waals surface area contributed by atoms with Gasteiger partial charge in [-0.05, 0) is 63.8 Å². The molecule has 0 radical (unpaired) electrons. The normalized spacial score (nSPS) is 14.2. The molecule has 0 unspecified atom stereocenters. The van der Waals surface area contributed by atoms with E-state index in [1.54, 1.807) is 11.3 Å². The molecule has 0 amide bonds. The van der Waals surface area contributed by atoms with E-state index >= 15 is 0 Å². The Bertz CT molecular complexity index is 1070. The fraction of sp³-hybridized carbons (Fsp3) is 0.455. The molecular weight excluding hydrogens is 386 g/mol. The van der Waals surface area contributed by atoms with Gasteiger partial charge in [-0.2, -0.15) is 0 Å². The molecule has 6 nitrogen and oxygen atoms in total. The van der Waals surface area contributed by atoms with Crippen LogP contribution < -0.4 is 20.3 Å². The minimum Gasteiger partial charge on any atom is -0.490 e. The number of rotatable bonds is 8. The molecule has 1 aliphatic rings. The predicted molar refractivity (Wildman–Crippen MR) is 115 cm³/mol. The van der Waals surface area contributed by atoms with E-state index in [2.05, 4.69) is 23.3 Å². The number of quaternary nitrogens is 1. The summed E-state index contributed by atoms with van der Waals surface area (Å²) >= 11 is 1.68. The lowest BCUT2D eigenvalue weighted by Gasteiger charge is -2.15. The van der Waals surface area contributed by atoms with Gasteiger partial charge >= 0.3 is 0 Å². The van der Waals surface area contributed by atoms with Crippen molar-refractivity contribution < 1.29 is 14.8 Å². The summed E-state index contributed by atoms with van der Waals surface area (Å²) in [6, 6.07) is 6.27. The zero-order valence-electron chi connectivity index (χ0n) is 17.2. The molecule has 1 aromatic carbocycles. The van der Waals surface area contributed by atoms with Crippen LogP contribution in [-0.2, 0) is 19.4 Å². The Hall–Kier alpha value is -2.38. The number of hydrogen-bond acceptors (Lipinski definition) is 5. The van der Waals surface area contributed by atoms with Gasteiger partial charge in [-0.25, -0.2) is 4.98 Å². The molecule has 0 saturated carbocycles. The Morgan fingerprint density at radius 2 is 2.00 bits per heavy atom. The average molecular weight is 415 g/mol. The van der Waals surface area contributed by atoms with E-state index in [1.165, 1.54) is 10.4 Å². The number of fused-ring (bicyclic) bond motifs is 3. The highest BCUT2D eigenvalue weighted by Crippen LogP contribution is 2.34. The number of thiophene rings is 1. The number of nitrogens with two attached hydrogens (primary N) is 1. The van der Waals surface area contributed by atoms with Crippen LogP contribution in [0.5, 0.6) is 11.5 Å². The molecule has 154 valence electrons. The summed E-state index contributed by atoms with van der Waals surface area (Å²) in [5.74, 6) is 2.27. The number of aromatic nitrogens is 2. The van der Waals surface area contributed by atoms with Crippen LogP contribution in [0.2, 0.25) is 0 Å². The number of hydrogen-bond donors (Lipinski definition) is 2. The number of H-pyrrole nitrogens is 1. The number of ether oxygens (including phenoxy) is 2. The summed E-state index contributed by atoms with van der Waals surface area (Å²) in [5.41, 5.74) is 2.38. The summed E-state index contributed by atoms with van der Waals surface area (Å²) < 4.78 is 11.4. The van der Waals surface area contributed by atoms with Crippen molar-refractivity contribution in [3.8, 4) is 11.5 Å². The molecule has 0 fully saturated rings. The highest BCUT2D eigenvalue weighted by atomic mass is 32.1. The van der Waals surface area contributed by atoms with Crippen molar-refractivity contribution in [2.45, 2.75) is 52.6 Å². The van der Waals surface area contributed by atoms with Gasteiger partial charge in [-0.3, -0.25) is 4.79 Å². The fourth-order valence-electron chi connectivity index (χ4n) is 3.92. The Labute approximate surface area is 174 Å². The van der Waals surface area contributed by atoms with Crippen molar-refractivity contribution in [1.82, 2.24) is 9.97 Å². The number of nitrogens with zero attached hydrogens (tertiary/aromatic N) is 1. The molecule has 3 aromatic rings. The first kappa shape index (κ1) is 19.9. The van der Waals surface area contributed by atoms with Crippen molar-refractivity contribution in [3.05, 3.63) is 50.4 Å². The largest absolute Gasteiger partial charge is 0.490 e. The molecular formula is C22H28N3O3S+. The van der Waals surface area contributed by atoms with Crippen molar-refractivity contribution in [2.75, 3.05) is 13.2 Å². The summed E-state index contributed by atoms with van der Waals surface area (Å²) in [5, 5.41) is 2.99. The summed E-state index contributed by atoms with van der Waals surface area (Å²) in [4.78, 5) is 22.6. The molecule has 4 rings (SSSR count). The Morgan fingerprint density at radius 3 is 2.79 bits per heavy atom.